The van der Waals surface area contributed by atoms with E-state index in [2.05, 4.69) is 149 Å². The number of aromatic nitrogens is 2. The van der Waals surface area contributed by atoms with Crippen LogP contribution in [-0.2, 0) is 0 Å². The van der Waals surface area contributed by atoms with Gasteiger partial charge in [0, 0.05) is 60.0 Å². The van der Waals surface area contributed by atoms with Crippen LogP contribution < -0.4 is 4.90 Å². The third-order valence-corrected chi connectivity index (χ3v) is 12.0. The Balaban J connectivity index is 1.12. The lowest BCUT2D eigenvalue weighted by molar-refractivity contribution is 0.620. The van der Waals surface area contributed by atoms with Gasteiger partial charge in [0.1, 0.15) is 11.1 Å². The summed E-state index contributed by atoms with van der Waals surface area (Å²) in [5.41, 5.74) is 10.6. The van der Waals surface area contributed by atoms with E-state index >= 15 is 0 Å². The zero-order valence-electron chi connectivity index (χ0n) is 29.3. The van der Waals surface area contributed by atoms with Crippen molar-refractivity contribution in [2.75, 3.05) is 4.90 Å². The lowest BCUT2D eigenvalue weighted by Gasteiger charge is -2.26. The Morgan fingerprint density at radius 1 is 0.491 bits per heavy atom. The molecule has 0 aliphatic heterocycles. The average molecular weight is 724 g/mol. The first kappa shape index (κ1) is 30.3. The summed E-state index contributed by atoms with van der Waals surface area (Å²) >= 11 is 1.83. The van der Waals surface area contributed by atoms with E-state index in [1.54, 1.807) is 0 Å². The third kappa shape index (κ3) is 4.55. The lowest BCUT2D eigenvalue weighted by atomic mass is 10.1. The van der Waals surface area contributed by atoms with Gasteiger partial charge in [0.25, 0.3) is 0 Å². The highest BCUT2D eigenvalue weighted by Gasteiger charge is 2.24. The van der Waals surface area contributed by atoms with Gasteiger partial charge in [-0.3, -0.25) is 0 Å². The van der Waals surface area contributed by atoms with E-state index in [4.69, 9.17) is 13.8 Å². The Kier molecular flexibility index (Phi) is 6.44. The Hall–Kier alpha value is -7.15. The maximum atomic E-state index is 6.90. The molecule has 55 heavy (non-hydrogen) atoms. The monoisotopic (exact) mass is 723 g/mol. The molecule has 258 valence electrons. The van der Waals surface area contributed by atoms with Crippen molar-refractivity contribution in [2.45, 2.75) is 0 Å². The van der Waals surface area contributed by atoms with Gasteiger partial charge in [0.2, 0.25) is 5.89 Å². The van der Waals surface area contributed by atoms with Crippen LogP contribution in [0.25, 0.3) is 92.2 Å². The van der Waals surface area contributed by atoms with Crippen molar-refractivity contribution in [3.05, 3.63) is 176 Å². The first-order valence-corrected chi connectivity index (χ1v) is 19.2. The van der Waals surface area contributed by atoms with Crippen molar-refractivity contribution < 1.29 is 8.83 Å². The fourth-order valence-electron chi connectivity index (χ4n) is 8.36. The van der Waals surface area contributed by atoms with Crippen molar-refractivity contribution in [1.82, 2.24) is 9.55 Å². The number of furan rings is 1. The first-order valence-electron chi connectivity index (χ1n) is 18.4. The van der Waals surface area contributed by atoms with Gasteiger partial charge in [0.05, 0.1) is 27.1 Å². The molecule has 0 N–H and O–H groups in total. The highest BCUT2D eigenvalue weighted by molar-refractivity contribution is 7.26. The molecular formula is C49H29N3O2S. The molecule has 6 heteroatoms. The van der Waals surface area contributed by atoms with Crippen LogP contribution in [0.15, 0.2) is 185 Å². The Bertz CT molecular complexity index is 3450. The van der Waals surface area contributed by atoms with Gasteiger partial charge in [-0.1, -0.05) is 97.1 Å². The smallest absolute Gasteiger partial charge is 0.227 e. The van der Waals surface area contributed by atoms with Crippen molar-refractivity contribution in [3.8, 4) is 17.1 Å². The Labute approximate surface area is 318 Å². The molecule has 0 saturated heterocycles. The van der Waals surface area contributed by atoms with Crippen molar-refractivity contribution in [1.29, 1.82) is 0 Å². The highest BCUT2D eigenvalue weighted by Crippen LogP contribution is 2.49. The van der Waals surface area contributed by atoms with Gasteiger partial charge in [0.15, 0.2) is 11.2 Å². The van der Waals surface area contributed by atoms with Crippen LogP contribution >= 0.6 is 11.3 Å². The number of anilines is 3. The normalized spacial score (nSPS) is 12.0. The van der Waals surface area contributed by atoms with Crippen LogP contribution in [-0.4, -0.2) is 9.55 Å². The summed E-state index contributed by atoms with van der Waals surface area (Å²) in [4.78, 5) is 7.23. The SMILES string of the molecule is c1ccc(-c2nc3cc4oc5c(N(c6ccc7c(c6)c6ccccc6n7-c6ccccc6)c6cccc7c6sc6ccccc67)cccc5c4cc3o2)cc1. The second kappa shape index (κ2) is 11.7. The molecule has 0 radical (unpaired) electrons. The van der Waals surface area contributed by atoms with Crippen molar-refractivity contribution >= 4 is 103 Å². The molecule has 0 aliphatic carbocycles. The van der Waals surface area contributed by atoms with E-state index in [9.17, 15) is 0 Å². The molecular weight excluding hydrogens is 695 g/mol. The molecule has 12 aromatic rings. The fraction of sp³-hybridized carbons (Fsp3) is 0. The largest absolute Gasteiger partial charge is 0.454 e. The molecule has 0 saturated carbocycles. The van der Waals surface area contributed by atoms with Crippen LogP contribution in [0, 0.1) is 0 Å². The lowest BCUT2D eigenvalue weighted by Crippen LogP contribution is -2.10. The van der Waals surface area contributed by atoms with Gasteiger partial charge < -0.3 is 18.3 Å². The van der Waals surface area contributed by atoms with E-state index in [0.29, 0.717) is 5.89 Å². The molecule has 12 rings (SSSR count). The number of para-hydroxylation sites is 3. The molecule has 0 spiro atoms. The van der Waals surface area contributed by atoms with E-state index in [0.717, 1.165) is 66.9 Å². The summed E-state index contributed by atoms with van der Waals surface area (Å²) in [6.45, 7) is 0. The highest BCUT2D eigenvalue weighted by atomic mass is 32.1. The van der Waals surface area contributed by atoms with E-state index < -0.39 is 0 Å². The minimum Gasteiger partial charge on any atom is -0.454 e. The Morgan fingerprint density at radius 2 is 1.20 bits per heavy atom. The maximum absolute atomic E-state index is 6.90. The Morgan fingerprint density at radius 3 is 2.07 bits per heavy atom. The summed E-state index contributed by atoms with van der Waals surface area (Å²) < 4.78 is 18.1. The van der Waals surface area contributed by atoms with Gasteiger partial charge in [-0.25, -0.2) is 4.98 Å². The summed E-state index contributed by atoms with van der Waals surface area (Å²) in [6, 6.07) is 62.0. The molecule has 5 nitrogen and oxygen atoms in total. The quantitative estimate of drug-likeness (QED) is 0.177. The molecule has 0 unspecified atom stereocenters. The second-order valence-corrected chi connectivity index (χ2v) is 15.0. The molecule has 0 atom stereocenters. The van der Waals surface area contributed by atoms with Crippen molar-refractivity contribution in [3.63, 3.8) is 0 Å². The summed E-state index contributed by atoms with van der Waals surface area (Å²) in [6.07, 6.45) is 0. The zero-order valence-corrected chi connectivity index (χ0v) is 30.1. The second-order valence-electron chi connectivity index (χ2n) is 13.9. The van der Waals surface area contributed by atoms with E-state index in [1.807, 2.05) is 47.7 Å². The van der Waals surface area contributed by atoms with Gasteiger partial charge in [-0.15, -0.1) is 11.3 Å². The number of fused-ring (bicyclic) bond motifs is 10. The summed E-state index contributed by atoms with van der Waals surface area (Å²) in [7, 11) is 0. The van der Waals surface area contributed by atoms with E-state index in [1.165, 1.54) is 36.5 Å². The zero-order chi connectivity index (χ0) is 36.0. The van der Waals surface area contributed by atoms with Crippen molar-refractivity contribution in [2.24, 2.45) is 0 Å². The molecule has 0 aliphatic rings. The number of nitrogens with zero attached hydrogens (tertiary/aromatic N) is 3. The number of rotatable bonds is 5. The number of thiophene rings is 1. The third-order valence-electron chi connectivity index (χ3n) is 10.8. The van der Waals surface area contributed by atoms with Gasteiger partial charge >= 0.3 is 0 Å². The minimum absolute atomic E-state index is 0.597. The molecule has 0 bridgehead atoms. The van der Waals surface area contributed by atoms with Crippen LogP contribution in [0.1, 0.15) is 0 Å². The minimum atomic E-state index is 0.597. The molecule has 4 aromatic heterocycles. The van der Waals surface area contributed by atoms with Crippen LogP contribution in [0.2, 0.25) is 0 Å². The molecule has 0 amide bonds. The summed E-state index contributed by atoms with van der Waals surface area (Å²) in [5.74, 6) is 0.597. The standard InChI is InChI=1S/C49H29N3O2S/c1-3-13-30(14-4-1)49-50-39-29-44-38(28-45(39)54-49)35-19-11-22-42(47(35)53-44)52(43-23-12-20-36-34-18-8-10-24-46(34)55-48(36)43)32-25-26-41-37(27-32)33-17-7-9-21-40(33)51(41)31-15-5-2-6-16-31/h1-29H. The first-order chi connectivity index (χ1) is 27.3. The molecule has 8 aromatic carbocycles. The average Bonchev–Trinajstić information content (AvgIpc) is 4.01. The van der Waals surface area contributed by atoms with Crippen LogP contribution in [0.4, 0.5) is 17.1 Å². The predicted octanol–water partition coefficient (Wildman–Crippen LogP) is 14.3. The number of hydrogen-bond donors (Lipinski definition) is 0. The number of benzene rings is 8. The maximum Gasteiger partial charge on any atom is 0.227 e. The molecule has 0 fully saturated rings. The number of oxazole rings is 1. The number of hydrogen-bond acceptors (Lipinski definition) is 5. The topological polar surface area (TPSA) is 47.3 Å². The molecule has 4 heterocycles. The van der Waals surface area contributed by atoms with Gasteiger partial charge in [-0.05, 0) is 72.8 Å². The summed E-state index contributed by atoms with van der Waals surface area (Å²) in [5, 5.41) is 6.89. The van der Waals surface area contributed by atoms with Crippen LogP contribution in [0.5, 0.6) is 0 Å². The van der Waals surface area contributed by atoms with E-state index in [-0.39, 0.29) is 0 Å². The predicted molar refractivity (Wildman–Crippen MR) is 229 cm³/mol. The van der Waals surface area contributed by atoms with Crippen LogP contribution in [0.3, 0.4) is 0 Å². The fourth-order valence-corrected chi connectivity index (χ4v) is 9.56. The van der Waals surface area contributed by atoms with Gasteiger partial charge in [-0.2, -0.15) is 0 Å².